The molecule has 2 aliphatic rings. The van der Waals surface area contributed by atoms with E-state index < -0.39 is 11.4 Å². The second-order valence-corrected chi connectivity index (χ2v) is 5.11. The Morgan fingerprint density at radius 1 is 1.16 bits per heavy atom. The number of aromatic hydroxyl groups is 1. The van der Waals surface area contributed by atoms with Gasteiger partial charge in [-0.15, -0.1) is 0 Å². The summed E-state index contributed by atoms with van der Waals surface area (Å²) in [7, 11) is 0. The maximum atomic E-state index is 11.7. The number of hydrogen-bond donors (Lipinski definition) is 2. The van der Waals surface area contributed by atoms with Crippen LogP contribution in [0.4, 0.5) is 0 Å². The van der Waals surface area contributed by atoms with Crippen LogP contribution in [0.25, 0.3) is 0 Å². The summed E-state index contributed by atoms with van der Waals surface area (Å²) in [6, 6.07) is 2.98. The van der Waals surface area contributed by atoms with Gasteiger partial charge in [-0.25, -0.2) is 0 Å². The van der Waals surface area contributed by atoms with Crippen LogP contribution >= 0.6 is 0 Å². The number of benzene rings is 1. The molecule has 1 aromatic rings. The second kappa shape index (κ2) is 4.33. The highest BCUT2D eigenvalue weighted by atomic mass is 16.6. The zero-order valence-electron chi connectivity index (χ0n) is 10.5. The number of hydrogen-bond acceptors (Lipinski definition) is 4. The summed E-state index contributed by atoms with van der Waals surface area (Å²) in [5, 5.41) is 19.4. The maximum Gasteiger partial charge on any atom is 0.314 e. The van der Waals surface area contributed by atoms with Gasteiger partial charge in [-0.1, -0.05) is 12.8 Å². The lowest BCUT2D eigenvalue weighted by molar-refractivity contribution is -0.143. The third-order valence-corrected chi connectivity index (χ3v) is 4.01. The number of phenols is 1. The van der Waals surface area contributed by atoms with E-state index in [-0.39, 0.29) is 5.75 Å². The van der Waals surface area contributed by atoms with Gasteiger partial charge in [-0.2, -0.15) is 0 Å². The molecule has 0 unspecified atom stereocenters. The number of fused-ring (bicyclic) bond motifs is 1. The molecule has 0 amide bonds. The summed E-state index contributed by atoms with van der Waals surface area (Å²) in [5.74, 6) is 0.0841. The monoisotopic (exact) mass is 264 g/mol. The van der Waals surface area contributed by atoms with Crippen LogP contribution in [0.2, 0.25) is 0 Å². The molecule has 19 heavy (non-hydrogen) atoms. The number of rotatable bonds is 2. The van der Waals surface area contributed by atoms with Crippen molar-refractivity contribution in [1.82, 2.24) is 0 Å². The van der Waals surface area contributed by atoms with Crippen molar-refractivity contribution in [2.24, 2.45) is 0 Å². The molecule has 0 aromatic heterocycles. The molecule has 1 aliphatic heterocycles. The molecule has 0 bridgehead atoms. The predicted octanol–water partition coefficient (Wildman–Crippen LogP) is 2.06. The van der Waals surface area contributed by atoms with Crippen molar-refractivity contribution in [2.75, 3.05) is 13.2 Å². The minimum absolute atomic E-state index is 0.0202. The predicted molar refractivity (Wildman–Crippen MR) is 66.9 cm³/mol. The zero-order chi connectivity index (χ0) is 13.5. The van der Waals surface area contributed by atoms with Gasteiger partial charge in [0.2, 0.25) is 0 Å². The number of carbonyl (C=O) groups is 1. The highest BCUT2D eigenvalue weighted by Crippen LogP contribution is 2.50. The molecule has 1 fully saturated rings. The molecule has 0 saturated heterocycles. The van der Waals surface area contributed by atoms with Crippen LogP contribution in [0.1, 0.15) is 31.2 Å². The fourth-order valence-corrected chi connectivity index (χ4v) is 3.07. The van der Waals surface area contributed by atoms with Crippen molar-refractivity contribution in [2.45, 2.75) is 31.1 Å². The van der Waals surface area contributed by atoms with Crippen LogP contribution in [-0.2, 0) is 10.2 Å². The molecule has 1 aliphatic carbocycles. The first-order chi connectivity index (χ1) is 9.13. The van der Waals surface area contributed by atoms with Gasteiger partial charge in [0.05, 0.1) is 5.41 Å². The molecule has 1 aromatic carbocycles. The summed E-state index contributed by atoms with van der Waals surface area (Å²) < 4.78 is 11.0. The summed E-state index contributed by atoms with van der Waals surface area (Å²) in [6.45, 7) is 0.816. The topological polar surface area (TPSA) is 76.0 Å². The van der Waals surface area contributed by atoms with E-state index in [1.54, 1.807) is 0 Å². The maximum absolute atomic E-state index is 11.7. The van der Waals surface area contributed by atoms with Gasteiger partial charge in [0.15, 0.2) is 11.5 Å². The number of ether oxygens (including phenoxy) is 2. The van der Waals surface area contributed by atoms with E-state index >= 15 is 0 Å². The molecule has 5 heteroatoms. The minimum Gasteiger partial charge on any atom is -0.508 e. The van der Waals surface area contributed by atoms with Gasteiger partial charge in [0.25, 0.3) is 0 Å². The molecule has 102 valence electrons. The average molecular weight is 264 g/mol. The van der Waals surface area contributed by atoms with Gasteiger partial charge in [0.1, 0.15) is 19.0 Å². The Labute approximate surface area is 110 Å². The third-order valence-electron chi connectivity index (χ3n) is 4.01. The molecule has 2 N–H and O–H groups in total. The van der Waals surface area contributed by atoms with Crippen LogP contribution < -0.4 is 9.47 Å². The summed E-state index contributed by atoms with van der Waals surface area (Å²) >= 11 is 0. The van der Waals surface area contributed by atoms with E-state index in [2.05, 4.69) is 0 Å². The molecule has 0 atom stereocenters. The van der Waals surface area contributed by atoms with Crippen molar-refractivity contribution >= 4 is 5.97 Å². The molecule has 0 spiro atoms. The van der Waals surface area contributed by atoms with E-state index in [9.17, 15) is 15.0 Å². The first kappa shape index (κ1) is 12.1. The van der Waals surface area contributed by atoms with Crippen LogP contribution in [0.15, 0.2) is 12.1 Å². The highest BCUT2D eigenvalue weighted by Gasteiger charge is 2.46. The lowest BCUT2D eigenvalue weighted by Gasteiger charge is -2.29. The molecular weight excluding hydrogens is 248 g/mol. The molecule has 3 rings (SSSR count). The first-order valence-electron chi connectivity index (χ1n) is 6.50. The van der Waals surface area contributed by atoms with Crippen LogP contribution in [0.3, 0.4) is 0 Å². The number of carboxylic acid groups (broad SMARTS) is 1. The SMILES string of the molecule is O=C(O)C1(c2cc(O)cc3c2OCCO3)CCCC1. The summed E-state index contributed by atoms with van der Waals surface area (Å²) in [6.07, 6.45) is 2.89. The van der Waals surface area contributed by atoms with Gasteiger partial charge in [-0.05, 0) is 18.9 Å². The Morgan fingerprint density at radius 3 is 2.53 bits per heavy atom. The Bertz CT molecular complexity index is 517. The van der Waals surface area contributed by atoms with Gasteiger partial charge < -0.3 is 19.7 Å². The van der Waals surface area contributed by atoms with Crippen LogP contribution in [0, 0.1) is 0 Å². The van der Waals surface area contributed by atoms with Gasteiger partial charge in [-0.3, -0.25) is 4.79 Å². The average Bonchev–Trinajstić information content (AvgIpc) is 2.88. The lowest BCUT2D eigenvalue weighted by Crippen LogP contribution is -2.34. The molecular formula is C14H16O5. The number of aliphatic carboxylic acids is 1. The van der Waals surface area contributed by atoms with Crippen molar-refractivity contribution in [1.29, 1.82) is 0 Å². The van der Waals surface area contributed by atoms with Crippen molar-refractivity contribution in [3.63, 3.8) is 0 Å². The van der Waals surface area contributed by atoms with E-state index in [1.807, 2.05) is 0 Å². The Balaban J connectivity index is 2.18. The normalized spacial score (nSPS) is 20.2. The number of phenolic OH excluding ortho intramolecular Hbond substituents is 1. The smallest absolute Gasteiger partial charge is 0.314 e. The standard InChI is InChI=1S/C14H16O5/c15-9-7-10(12-11(8-9)18-5-6-19-12)14(13(16)17)3-1-2-4-14/h7-8,15H,1-6H2,(H,16,17). The fraction of sp³-hybridized carbons (Fsp3) is 0.500. The van der Waals surface area contributed by atoms with Crippen molar-refractivity contribution < 1.29 is 24.5 Å². The Morgan fingerprint density at radius 2 is 1.84 bits per heavy atom. The van der Waals surface area contributed by atoms with Crippen molar-refractivity contribution in [3.05, 3.63) is 17.7 Å². The minimum atomic E-state index is -0.955. The Kier molecular flexibility index (Phi) is 2.77. The molecule has 1 saturated carbocycles. The fourth-order valence-electron chi connectivity index (χ4n) is 3.07. The summed E-state index contributed by atoms with van der Waals surface area (Å²) in [5.41, 5.74) is -0.407. The van der Waals surface area contributed by atoms with Gasteiger partial charge >= 0.3 is 5.97 Å². The molecule has 1 heterocycles. The third kappa shape index (κ3) is 1.80. The van der Waals surface area contributed by atoms with Crippen LogP contribution in [-0.4, -0.2) is 29.4 Å². The zero-order valence-corrected chi connectivity index (χ0v) is 10.5. The first-order valence-corrected chi connectivity index (χ1v) is 6.50. The van der Waals surface area contributed by atoms with E-state index in [1.165, 1.54) is 12.1 Å². The van der Waals surface area contributed by atoms with E-state index in [0.29, 0.717) is 43.1 Å². The van der Waals surface area contributed by atoms with E-state index in [4.69, 9.17) is 9.47 Å². The summed E-state index contributed by atoms with van der Waals surface area (Å²) in [4.78, 5) is 11.7. The highest BCUT2D eigenvalue weighted by molar-refractivity contribution is 5.84. The molecule has 5 nitrogen and oxygen atoms in total. The lowest BCUT2D eigenvalue weighted by atomic mass is 9.78. The van der Waals surface area contributed by atoms with Gasteiger partial charge in [0, 0.05) is 11.6 Å². The largest absolute Gasteiger partial charge is 0.508 e. The Hall–Kier alpha value is -1.91. The second-order valence-electron chi connectivity index (χ2n) is 5.11. The van der Waals surface area contributed by atoms with Crippen molar-refractivity contribution in [3.8, 4) is 17.2 Å². The molecule has 0 radical (unpaired) electrons. The van der Waals surface area contributed by atoms with E-state index in [0.717, 1.165) is 12.8 Å². The quantitative estimate of drug-likeness (QED) is 0.855. The number of carboxylic acids is 1. The van der Waals surface area contributed by atoms with Crippen LogP contribution in [0.5, 0.6) is 17.2 Å².